The number of furan rings is 1. The Bertz CT molecular complexity index is 609. The van der Waals surface area contributed by atoms with E-state index >= 15 is 0 Å². The summed E-state index contributed by atoms with van der Waals surface area (Å²) in [5.41, 5.74) is 3.31. The molecule has 6 heteroatoms. The van der Waals surface area contributed by atoms with Crippen molar-refractivity contribution < 1.29 is 13.9 Å². The van der Waals surface area contributed by atoms with E-state index in [0.29, 0.717) is 11.5 Å². The largest absolute Gasteiger partial charge is 0.483 e. The smallest absolute Gasteiger partial charge is 0.277 e. The molecular formula is C14H13BrN2O3. The number of ether oxygens (including phenoxy) is 1. The topological polar surface area (TPSA) is 63.8 Å². The highest BCUT2D eigenvalue weighted by molar-refractivity contribution is 9.10. The first-order valence-electron chi connectivity index (χ1n) is 5.89. The summed E-state index contributed by atoms with van der Waals surface area (Å²) < 4.78 is 11.4. The first kappa shape index (κ1) is 14.3. The van der Waals surface area contributed by atoms with Crippen LogP contribution in [0.15, 0.2) is 50.6 Å². The van der Waals surface area contributed by atoms with Crippen LogP contribution in [0, 0.1) is 6.92 Å². The molecule has 2 aromatic rings. The van der Waals surface area contributed by atoms with Crippen LogP contribution in [0.5, 0.6) is 5.75 Å². The number of halogens is 1. The molecule has 20 heavy (non-hydrogen) atoms. The second kappa shape index (κ2) is 6.91. The van der Waals surface area contributed by atoms with Crippen molar-refractivity contribution in [2.24, 2.45) is 5.10 Å². The Morgan fingerprint density at radius 2 is 2.35 bits per heavy atom. The zero-order valence-corrected chi connectivity index (χ0v) is 12.4. The van der Waals surface area contributed by atoms with E-state index in [1.165, 1.54) is 12.5 Å². The first-order chi connectivity index (χ1) is 9.65. The molecule has 1 aromatic heterocycles. The molecule has 0 aliphatic heterocycles. The molecule has 1 heterocycles. The van der Waals surface area contributed by atoms with Gasteiger partial charge in [-0.3, -0.25) is 4.79 Å². The van der Waals surface area contributed by atoms with Gasteiger partial charge in [0.2, 0.25) is 0 Å². The molecule has 5 nitrogen and oxygen atoms in total. The van der Waals surface area contributed by atoms with Crippen LogP contribution < -0.4 is 10.2 Å². The van der Waals surface area contributed by atoms with E-state index in [2.05, 4.69) is 26.5 Å². The highest BCUT2D eigenvalue weighted by Gasteiger charge is 2.04. The van der Waals surface area contributed by atoms with Crippen molar-refractivity contribution in [3.63, 3.8) is 0 Å². The van der Waals surface area contributed by atoms with Crippen molar-refractivity contribution in [3.8, 4) is 5.75 Å². The number of carbonyl (C=O) groups excluding carboxylic acids is 1. The number of hydrogen-bond donors (Lipinski definition) is 1. The molecule has 0 fully saturated rings. The molecule has 1 amide bonds. The predicted octanol–water partition coefficient (Wildman–Crippen LogP) is 2.88. The minimum Gasteiger partial charge on any atom is -0.483 e. The van der Waals surface area contributed by atoms with Crippen molar-refractivity contribution in [2.45, 2.75) is 6.92 Å². The Morgan fingerprint density at radius 1 is 1.50 bits per heavy atom. The van der Waals surface area contributed by atoms with Gasteiger partial charge < -0.3 is 9.15 Å². The van der Waals surface area contributed by atoms with Gasteiger partial charge in [0.15, 0.2) is 6.61 Å². The normalized spacial score (nSPS) is 10.7. The fraction of sp³-hybridized carbons (Fsp3) is 0.143. The summed E-state index contributed by atoms with van der Waals surface area (Å²) in [6, 6.07) is 9.05. The maximum atomic E-state index is 11.5. The summed E-state index contributed by atoms with van der Waals surface area (Å²) in [5.74, 6) is 0.892. The Labute approximate surface area is 124 Å². The number of hydrazone groups is 1. The number of carbonyl (C=O) groups is 1. The molecule has 1 aromatic carbocycles. The molecule has 0 aliphatic rings. The average molecular weight is 337 g/mol. The summed E-state index contributed by atoms with van der Waals surface area (Å²) in [6.45, 7) is 1.81. The molecule has 0 bridgehead atoms. The molecule has 1 N–H and O–H groups in total. The lowest BCUT2D eigenvalue weighted by Gasteiger charge is -2.08. The molecule has 0 radical (unpaired) electrons. The second-order valence-electron chi connectivity index (χ2n) is 4.01. The summed E-state index contributed by atoms with van der Waals surface area (Å²) >= 11 is 3.37. The number of nitrogens with zero attached hydrogens (tertiary/aromatic N) is 1. The molecule has 0 saturated carbocycles. The number of nitrogens with one attached hydrogen (secondary N) is 1. The zero-order chi connectivity index (χ0) is 14.4. The summed E-state index contributed by atoms with van der Waals surface area (Å²) in [4.78, 5) is 11.5. The minimum atomic E-state index is -0.338. The van der Waals surface area contributed by atoms with Gasteiger partial charge in [-0.25, -0.2) is 5.43 Å². The van der Waals surface area contributed by atoms with E-state index < -0.39 is 0 Å². The third kappa shape index (κ3) is 4.24. The number of benzene rings is 1. The molecular weight excluding hydrogens is 324 g/mol. The van der Waals surface area contributed by atoms with Crippen molar-refractivity contribution in [2.75, 3.05) is 6.61 Å². The van der Waals surface area contributed by atoms with Gasteiger partial charge in [-0.15, -0.1) is 0 Å². The van der Waals surface area contributed by atoms with Gasteiger partial charge in [0.1, 0.15) is 11.5 Å². The lowest BCUT2D eigenvalue weighted by Crippen LogP contribution is -2.24. The van der Waals surface area contributed by atoms with E-state index in [1.54, 1.807) is 18.2 Å². The van der Waals surface area contributed by atoms with Crippen molar-refractivity contribution in [1.29, 1.82) is 0 Å². The van der Waals surface area contributed by atoms with Gasteiger partial charge >= 0.3 is 0 Å². The van der Waals surface area contributed by atoms with Crippen LogP contribution in [0.25, 0.3) is 0 Å². The van der Waals surface area contributed by atoms with Crippen LogP contribution in [0.2, 0.25) is 0 Å². The van der Waals surface area contributed by atoms with Crippen LogP contribution in [-0.2, 0) is 4.79 Å². The predicted molar refractivity (Wildman–Crippen MR) is 78.8 cm³/mol. The van der Waals surface area contributed by atoms with Crippen LogP contribution in [0.1, 0.15) is 11.3 Å². The third-order valence-electron chi connectivity index (χ3n) is 2.42. The molecule has 0 aliphatic carbocycles. The summed E-state index contributed by atoms with van der Waals surface area (Å²) in [6.07, 6.45) is 2.95. The van der Waals surface area contributed by atoms with E-state index in [-0.39, 0.29) is 12.5 Å². The van der Waals surface area contributed by atoms with E-state index in [0.717, 1.165) is 10.0 Å². The van der Waals surface area contributed by atoms with E-state index in [1.807, 2.05) is 19.1 Å². The SMILES string of the molecule is Cc1cc(Br)ccc1OCC(=O)NN=Cc1ccco1. The van der Waals surface area contributed by atoms with Gasteiger partial charge in [-0.1, -0.05) is 15.9 Å². The molecule has 0 spiro atoms. The molecule has 2 rings (SSSR count). The lowest BCUT2D eigenvalue weighted by molar-refractivity contribution is -0.123. The Morgan fingerprint density at radius 3 is 3.05 bits per heavy atom. The number of hydrogen-bond acceptors (Lipinski definition) is 4. The van der Waals surface area contributed by atoms with Crippen LogP contribution >= 0.6 is 15.9 Å². The Balaban J connectivity index is 1.80. The molecule has 0 saturated heterocycles. The van der Waals surface area contributed by atoms with E-state index in [4.69, 9.17) is 9.15 Å². The monoisotopic (exact) mass is 336 g/mol. The van der Waals surface area contributed by atoms with Gasteiger partial charge in [-0.05, 0) is 42.8 Å². The number of aryl methyl sites for hydroxylation is 1. The standard InChI is InChI=1S/C14H13BrN2O3/c1-10-7-11(15)4-5-13(10)20-9-14(18)17-16-8-12-3-2-6-19-12/h2-8H,9H2,1H3,(H,17,18). The highest BCUT2D eigenvalue weighted by atomic mass is 79.9. The zero-order valence-electron chi connectivity index (χ0n) is 10.8. The van der Waals surface area contributed by atoms with Crippen LogP contribution in [-0.4, -0.2) is 18.7 Å². The summed E-state index contributed by atoms with van der Waals surface area (Å²) in [7, 11) is 0. The Kier molecular flexibility index (Phi) is 4.95. The number of amides is 1. The third-order valence-corrected chi connectivity index (χ3v) is 2.91. The maximum Gasteiger partial charge on any atom is 0.277 e. The van der Waals surface area contributed by atoms with Gasteiger partial charge in [0, 0.05) is 4.47 Å². The van der Waals surface area contributed by atoms with Gasteiger partial charge in [0.05, 0.1) is 12.5 Å². The fourth-order valence-electron chi connectivity index (χ4n) is 1.48. The van der Waals surface area contributed by atoms with Crippen molar-refractivity contribution in [1.82, 2.24) is 5.43 Å². The number of rotatable bonds is 5. The second-order valence-corrected chi connectivity index (χ2v) is 4.92. The molecule has 104 valence electrons. The van der Waals surface area contributed by atoms with Crippen LogP contribution in [0.4, 0.5) is 0 Å². The summed E-state index contributed by atoms with van der Waals surface area (Å²) in [5, 5.41) is 3.76. The van der Waals surface area contributed by atoms with Crippen molar-refractivity contribution in [3.05, 3.63) is 52.4 Å². The Hall–Kier alpha value is -2.08. The average Bonchev–Trinajstić information content (AvgIpc) is 2.91. The van der Waals surface area contributed by atoms with Crippen LogP contribution in [0.3, 0.4) is 0 Å². The molecule has 0 unspecified atom stereocenters. The molecule has 0 atom stereocenters. The maximum absolute atomic E-state index is 11.5. The van der Waals surface area contributed by atoms with E-state index in [9.17, 15) is 4.79 Å². The quantitative estimate of drug-likeness (QED) is 0.674. The minimum absolute atomic E-state index is 0.0992. The van der Waals surface area contributed by atoms with Gasteiger partial charge in [-0.2, -0.15) is 5.10 Å². The van der Waals surface area contributed by atoms with Gasteiger partial charge in [0.25, 0.3) is 5.91 Å². The highest BCUT2D eigenvalue weighted by Crippen LogP contribution is 2.21. The first-order valence-corrected chi connectivity index (χ1v) is 6.69. The lowest BCUT2D eigenvalue weighted by atomic mass is 10.2. The van der Waals surface area contributed by atoms with Crippen molar-refractivity contribution >= 4 is 28.1 Å². The fourth-order valence-corrected chi connectivity index (χ4v) is 1.96.